The van der Waals surface area contributed by atoms with E-state index in [0.717, 1.165) is 12.8 Å². The fourth-order valence-corrected chi connectivity index (χ4v) is 3.99. The van der Waals surface area contributed by atoms with Gasteiger partial charge in [-0.15, -0.1) is 5.10 Å². The molecule has 11 heteroatoms. The molecule has 1 saturated heterocycles. The average molecular weight is 419 g/mol. The van der Waals surface area contributed by atoms with Crippen LogP contribution >= 0.6 is 11.8 Å². The molecule has 1 aliphatic carbocycles. The van der Waals surface area contributed by atoms with Gasteiger partial charge in [0.2, 0.25) is 17.0 Å². The molecule has 1 saturated carbocycles. The Morgan fingerprint density at radius 2 is 1.86 bits per heavy atom. The second-order valence-electron chi connectivity index (χ2n) is 7.14. The maximum Gasteiger partial charge on any atom is 0.238 e. The molecule has 1 aromatic carbocycles. The molecule has 0 atom stereocenters. The van der Waals surface area contributed by atoms with E-state index in [2.05, 4.69) is 20.8 Å². The number of carbonyl (C=O) groups is 2. The molecule has 154 valence electrons. The highest BCUT2D eigenvalue weighted by atomic mass is 32.2. The number of nitrogens with zero attached hydrogens (tertiary/aromatic N) is 6. The van der Waals surface area contributed by atoms with Crippen LogP contribution in [0.4, 0.5) is 10.1 Å². The van der Waals surface area contributed by atoms with Gasteiger partial charge in [-0.25, -0.2) is 9.07 Å². The first-order valence-electron chi connectivity index (χ1n) is 9.55. The Hall–Kier alpha value is -2.53. The van der Waals surface area contributed by atoms with Crippen molar-refractivity contribution in [2.45, 2.75) is 24.0 Å². The van der Waals surface area contributed by atoms with Gasteiger partial charge in [0.1, 0.15) is 5.82 Å². The number of nitrogens with one attached hydrogen (secondary N) is 1. The van der Waals surface area contributed by atoms with Crippen molar-refractivity contribution in [1.82, 2.24) is 30.0 Å². The number of amides is 2. The number of halogens is 1. The molecule has 4 rings (SSSR count). The standard InChI is InChI=1S/C18H22FN7O2S/c19-13-1-3-14(4-2-13)20-16(27)11-24-7-9-25(10-8-24)17(28)12-29-18-21-22-23-26(18)15-5-6-15/h1-4,15H,5-12H2,(H,20,27). The quantitative estimate of drug-likeness (QED) is 0.670. The zero-order valence-corrected chi connectivity index (χ0v) is 16.6. The normalized spacial score (nSPS) is 17.3. The maximum absolute atomic E-state index is 12.9. The summed E-state index contributed by atoms with van der Waals surface area (Å²) in [6.07, 6.45) is 2.17. The predicted molar refractivity (Wildman–Crippen MR) is 105 cm³/mol. The van der Waals surface area contributed by atoms with Crippen molar-refractivity contribution < 1.29 is 14.0 Å². The number of carbonyl (C=O) groups excluding carboxylic acids is 2. The minimum absolute atomic E-state index is 0.0516. The maximum atomic E-state index is 12.9. The third kappa shape index (κ3) is 5.30. The molecule has 2 aliphatic rings. The van der Waals surface area contributed by atoms with Crippen LogP contribution in [0.15, 0.2) is 29.4 Å². The van der Waals surface area contributed by atoms with Gasteiger partial charge in [0, 0.05) is 31.9 Å². The van der Waals surface area contributed by atoms with E-state index in [1.807, 2.05) is 9.80 Å². The molecule has 0 bridgehead atoms. The fraction of sp³-hybridized carbons (Fsp3) is 0.500. The van der Waals surface area contributed by atoms with Crippen molar-refractivity contribution in [3.05, 3.63) is 30.1 Å². The van der Waals surface area contributed by atoms with Gasteiger partial charge < -0.3 is 10.2 Å². The number of benzene rings is 1. The lowest BCUT2D eigenvalue weighted by molar-refractivity contribution is -0.130. The van der Waals surface area contributed by atoms with Crippen LogP contribution in [0.3, 0.4) is 0 Å². The van der Waals surface area contributed by atoms with E-state index in [4.69, 9.17) is 0 Å². The van der Waals surface area contributed by atoms with Crippen LogP contribution in [0.5, 0.6) is 0 Å². The minimum atomic E-state index is -0.342. The number of rotatable bonds is 7. The van der Waals surface area contributed by atoms with Gasteiger partial charge in [0.15, 0.2) is 0 Å². The molecule has 0 radical (unpaired) electrons. The van der Waals surface area contributed by atoms with E-state index in [9.17, 15) is 14.0 Å². The Morgan fingerprint density at radius 3 is 2.55 bits per heavy atom. The van der Waals surface area contributed by atoms with E-state index in [1.54, 1.807) is 4.68 Å². The molecule has 2 heterocycles. The summed E-state index contributed by atoms with van der Waals surface area (Å²) in [5.74, 6) is -0.140. The molecule has 1 aromatic heterocycles. The van der Waals surface area contributed by atoms with Gasteiger partial charge in [-0.2, -0.15) is 0 Å². The molecule has 9 nitrogen and oxygen atoms in total. The summed E-state index contributed by atoms with van der Waals surface area (Å²) >= 11 is 1.37. The number of thioether (sulfide) groups is 1. The molecule has 29 heavy (non-hydrogen) atoms. The number of anilines is 1. The highest BCUT2D eigenvalue weighted by Crippen LogP contribution is 2.36. The van der Waals surface area contributed by atoms with Crippen molar-refractivity contribution in [2.24, 2.45) is 0 Å². The van der Waals surface area contributed by atoms with E-state index in [-0.39, 0.29) is 24.2 Å². The molecule has 1 aliphatic heterocycles. The lowest BCUT2D eigenvalue weighted by Gasteiger charge is -2.34. The second-order valence-corrected chi connectivity index (χ2v) is 8.08. The minimum Gasteiger partial charge on any atom is -0.339 e. The van der Waals surface area contributed by atoms with Crippen LogP contribution in [0.1, 0.15) is 18.9 Å². The number of tetrazole rings is 1. The summed E-state index contributed by atoms with van der Waals surface area (Å²) in [6, 6.07) is 6.05. The molecule has 0 unspecified atom stereocenters. The Balaban J connectivity index is 1.18. The van der Waals surface area contributed by atoms with E-state index in [0.29, 0.717) is 48.8 Å². The van der Waals surface area contributed by atoms with Crippen LogP contribution in [0, 0.1) is 5.82 Å². The summed E-state index contributed by atoms with van der Waals surface area (Å²) in [6.45, 7) is 2.66. The largest absolute Gasteiger partial charge is 0.339 e. The predicted octanol–water partition coefficient (Wildman–Crippen LogP) is 1.02. The Morgan fingerprint density at radius 1 is 1.14 bits per heavy atom. The van der Waals surface area contributed by atoms with Gasteiger partial charge in [0.25, 0.3) is 0 Å². The lowest BCUT2D eigenvalue weighted by Crippen LogP contribution is -2.50. The van der Waals surface area contributed by atoms with Crippen molar-refractivity contribution in [2.75, 3.05) is 43.8 Å². The molecule has 1 N–H and O–H groups in total. The van der Waals surface area contributed by atoms with Crippen molar-refractivity contribution in [1.29, 1.82) is 0 Å². The number of hydrogen-bond acceptors (Lipinski definition) is 7. The average Bonchev–Trinajstić information content (AvgIpc) is 3.46. The van der Waals surface area contributed by atoms with Crippen molar-refractivity contribution in [3.8, 4) is 0 Å². The van der Waals surface area contributed by atoms with Crippen LogP contribution in [0.25, 0.3) is 0 Å². The Kier molecular flexibility index (Phi) is 6.05. The Labute approximate surface area is 171 Å². The lowest BCUT2D eigenvalue weighted by atomic mass is 10.3. The SMILES string of the molecule is O=C(CN1CCN(C(=O)CSc2nnnn2C2CC2)CC1)Nc1ccc(F)cc1. The van der Waals surface area contributed by atoms with Crippen molar-refractivity contribution >= 4 is 29.3 Å². The first kappa shape index (κ1) is 19.8. The van der Waals surface area contributed by atoms with Gasteiger partial charge >= 0.3 is 0 Å². The van der Waals surface area contributed by atoms with Crippen molar-refractivity contribution in [3.63, 3.8) is 0 Å². The number of piperazine rings is 1. The molecular weight excluding hydrogens is 397 g/mol. The first-order valence-corrected chi connectivity index (χ1v) is 10.5. The monoisotopic (exact) mass is 419 g/mol. The van der Waals surface area contributed by atoms with E-state index < -0.39 is 0 Å². The Bertz CT molecular complexity index is 863. The van der Waals surface area contributed by atoms with Crippen LogP contribution in [-0.4, -0.2) is 80.3 Å². The van der Waals surface area contributed by atoms with Crippen LogP contribution in [0.2, 0.25) is 0 Å². The highest BCUT2D eigenvalue weighted by Gasteiger charge is 2.29. The summed E-state index contributed by atoms with van der Waals surface area (Å²) in [4.78, 5) is 28.5. The number of hydrogen-bond donors (Lipinski definition) is 1. The summed E-state index contributed by atoms with van der Waals surface area (Å²) in [5, 5.41) is 15.1. The molecule has 0 spiro atoms. The summed E-state index contributed by atoms with van der Waals surface area (Å²) in [7, 11) is 0. The topological polar surface area (TPSA) is 96.2 Å². The molecular formula is C18H22FN7O2S. The van der Waals surface area contributed by atoms with Gasteiger partial charge in [0.05, 0.1) is 18.3 Å². The first-order chi connectivity index (χ1) is 14.1. The van der Waals surface area contributed by atoms with E-state index >= 15 is 0 Å². The van der Waals surface area contributed by atoms with Gasteiger partial charge in [-0.1, -0.05) is 11.8 Å². The molecule has 2 fully saturated rings. The second kappa shape index (κ2) is 8.87. The van der Waals surface area contributed by atoms with E-state index in [1.165, 1.54) is 36.0 Å². The van der Waals surface area contributed by atoms with Gasteiger partial charge in [-0.3, -0.25) is 14.5 Å². The molecule has 2 aromatic rings. The van der Waals surface area contributed by atoms with Crippen LogP contribution < -0.4 is 5.32 Å². The highest BCUT2D eigenvalue weighted by molar-refractivity contribution is 7.99. The summed E-state index contributed by atoms with van der Waals surface area (Å²) < 4.78 is 14.7. The fourth-order valence-electron chi connectivity index (χ4n) is 3.14. The van der Waals surface area contributed by atoms with Gasteiger partial charge in [-0.05, 0) is 47.5 Å². The molecule has 2 amide bonds. The third-order valence-corrected chi connectivity index (χ3v) is 5.82. The zero-order valence-electron chi connectivity index (χ0n) is 15.8. The van der Waals surface area contributed by atoms with Crippen LogP contribution in [-0.2, 0) is 9.59 Å². The third-order valence-electron chi connectivity index (χ3n) is 4.90. The number of aromatic nitrogens is 4. The summed E-state index contributed by atoms with van der Waals surface area (Å²) in [5.41, 5.74) is 0.566. The smallest absolute Gasteiger partial charge is 0.238 e. The zero-order chi connectivity index (χ0) is 20.2.